The molecule has 2 rings (SSSR count). The van der Waals surface area contributed by atoms with Crippen LogP contribution in [-0.2, 0) is 16.1 Å². The van der Waals surface area contributed by atoms with Gasteiger partial charge in [0.25, 0.3) is 0 Å². The second-order valence-corrected chi connectivity index (χ2v) is 4.57. The van der Waals surface area contributed by atoms with Crippen LogP contribution in [0.25, 0.3) is 0 Å². The predicted molar refractivity (Wildman–Crippen MR) is 76.6 cm³/mol. The zero-order valence-corrected chi connectivity index (χ0v) is 11.9. The van der Waals surface area contributed by atoms with Gasteiger partial charge in [0.1, 0.15) is 24.3 Å². The molecule has 20 heavy (non-hydrogen) atoms. The van der Waals surface area contributed by atoms with Crippen LogP contribution in [-0.4, -0.2) is 42.1 Å². The smallest absolute Gasteiger partial charge is 0.242 e. The van der Waals surface area contributed by atoms with E-state index in [2.05, 4.69) is 25.9 Å². The number of carbonyl (C=O) groups excluding carboxylic acids is 1. The Labute approximate surface area is 118 Å². The molecule has 7 heteroatoms. The lowest BCUT2D eigenvalue weighted by Crippen LogP contribution is -2.44. The van der Waals surface area contributed by atoms with Gasteiger partial charge in [0.15, 0.2) is 5.82 Å². The Morgan fingerprint density at radius 1 is 1.45 bits per heavy atom. The van der Waals surface area contributed by atoms with Crippen molar-refractivity contribution >= 4 is 17.5 Å². The molecule has 7 nitrogen and oxygen atoms in total. The van der Waals surface area contributed by atoms with Crippen molar-refractivity contribution in [3.8, 4) is 0 Å². The van der Waals surface area contributed by atoms with Crippen molar-refractivity contribution in [3.05, 3.63) is 11.9 Å². The van der Waals surface area contributed by atoms with Crippen LogP contribution in [0.15, 0.2) is 6.07 Å². The van der Waals surface area contributed by atoms with E-state index in [0.717, 1.165) is 19.4 Å². The van der Waals surface area contributed by atoms with Crippen molar-refractivity contribution in [3.63, 3.8) is 0 Å². The highest BCUT2D eigenvalue weighted by molar-refractivity contribution is 5.85. The molecular formula is C13H21N5O2. The van der Waals surface area contributed by atoms with E-state index in [1.165, 1.54) is 0 Å². The molecule has 1 aromatic rings. The van der Waals surface area contributed by atoms with Gasteiger partial charge < -0.3 is 20.7 Å². The van der Waals surface area contributed by atoms with Crippen LogP contribution in [0, 0.1) is 0 Å². The van der Waals surface area contributed by atoms with Gasteiger partial charge >= 0.3 is 0 Å². The van der Waals surface area contributed by atoms with E-state index in [-0.39, 0.29) is 11.9 Å². The summed E-state index contributed by atoms with van der Waals surface area (Å²) in [6.45, 7) is 3.64. The quantitative estimate of drug-likeness (QED) is 0.712. The third-order valence-electron chi connectivity index (χ3n) is 3.07. The van der Waals surface area contributed by atoms with Gasteiger partial charge in [0, 0.05) is 26.3 Å². The summed E-state index contributed by atoms with van der Waals surface area (Å²) in [6, 6.07) is 1.56. The number of ether oxygens (including phenoxy) is 1. The Balaban J connectivity index is 2.10. The monoisotopic (exact) mass is 279 g/mol. The maximum Gasteiger partial charge on any atom is 0.242 e. The van der Waals surface area contributed by atoms with E-state index in [9.17, 15) is 4.79 Å². The van der Waals surface area contributed by atoms with Crippen molar-refractivity contribution in [2.45, 2.75) is 32.4 Å². The fraction of sp³-hybridized carbons (Fsp3) is 0.615. The van der Waals surface area contributed by atoms with Gasteiger partial charge in [-0.2, -0.15) is 0 Å². The Bertz CT molecular complexity index is 466. The summed E-state index contributed by atoms with van der Waals surface area (Å²) in [6.07, 6.45) is 1.78. The van der Waals surface area contributed by atoms with Crippen LogP contribution in [0.3, 0.4) is 0 Å². The lowest BCUT2D eigenvalue weighted by Gasteiger charge is -2.23. The van der Waals surface area contributed by atoms with Gasteiger partial charge in [-0.15, -0.1) is 0 Å². The molecule has 1 aliphatic rings. The molecule has 0 saturated carbocycles. The number of piperidine rings is 1. The molecule has 1 fully saturated rings. The number of amides is 1. The molecule has 1 aliphatic heterocycles. The fourth-order valence-electron chi connectivity index (χ4n) is 2.05. The Kier molecular flexibility index (Phi) is 5.11. The van der Waals surface area contributed by atoms with Crippen molar-refractivity contribution in [1.29, 1.82) is 0 Å². The second-order valence-electron chi connectivity index (χ2n) is 4.57. The first kappa shape index (κ1) is 14.5. The largest absolute Gasteiger partial charge is 0.374 e. The summed E-state index contributed by atoms with van der Waals surface area (Å²) in [5, 5.41) is 8.99. The Morgan fingerprint density at radius 2 is 2.25 bits per heavy atom. The molecular weight excluding hydrogens is 258 g/mol. The molecule has 0 bridgehead atoms. The van der Waals surface area contributed by atoms with E-state index in [4.69, 9.17) is 4.74 Å². The minimum atomic E-state index is -0.233. The Morgan fingerprint density at radius 3 is 2.95 bits per heavy atom. The van der Waals surface area contributed by atoms with E-state index >= 15 is 0 Å². The SMILES string of the molecule is CCOCc1nc(NC)cc(NC2CCCNC2=O)n1. The first-order valence-corrected chi connectivity index (χ1v) is 6.90. The molecule has 1 unspecified atom stereocenters. The molecule has 0 aromatic carbocycles. The normalized spacial score (nSPS) is 18.5. The summed E-state index contributed by atoms with van der Waals surface area (Å²) < 4.78 is 5.33. The van der Waals surface area contributed by atoms with Gasteiger partial charge in [-0.05, 0) is 19.8 Å². The van der Waals surface area contributed by atoms with Crippen LogP contribution in [0.5, 0.6) is 0 Å². The number of carbonyl (C=O) groups is 1. The zero-order chi connectivity index (χ0) is 14.4. The molecule has 1 saturated heterocycles. The highest BCUT2D eigenvalue weighted by Crippen LogP contribution is 2.15. The van der Waals surface area contributed by atoms with E-state index in [1.54, 1.807) is 13.1 Å². The lowest BCUT2D eigenvalue weighted by molar-refractivity contribution is -0.123. The predicted octanol–water partition coefficient (Wildman–Crippen LogP) is 0.745. The van der Waals surface area contributed by atoms with Crippen LogP contribution < -0.4 is 16.0 Å². The van der Waals surface area contributed by atoms with Crippen molar-refractivity contribution in [1.82, 2.24) is 15.3 Å². The third kappa shape index (κ3) is 3.80. The summed E-state index contributed by atoms with van der Waals surface area (Å²) >= 11 is 0. The first-order chi connectivity index (χ1) is 9.72. The molecule has 2 heterocycles. The maximum atomic E-state index is 11.8. The summed E-state index contributed by atoms with van der Waals surface area (Å²) in [5.74, 6) is 1.96. The topological polar surface area (TPSA) is 88.2 Å². The van der Waals surface area contributed by atoms with Crippen LogP contribution in [0.2, 0.25) is 0 Å². The third-order valence-corrected chi connectivity index (χ3v) is 3.07. The van der Waals surface area contributed by atoms with Gasteiger partial charge in [-0.3, -0.25) is 4.79 Å². The van der Waals surface area contributed by atoms with Gasteiger partial charge in [0.05, 0.1) is 0 Å². The molecule has 1 amide bonds. The molecule has 1 atom stereocenters. The molecule has 3 N–H and O–H groups in total. The van der Waals surface area contributed by atoms with Crippen LogP contribution in [0.4, 0.5) is 11.6 Å². The number of hydrogen-bond acceptors (Lipinski definition) is 6. The molecule has 0 radical (unpaired) electrons. The average Bonchev–Trinajstić information content (AvgIpc) is 2.47. The minimum absolute atomic E-state index is 0.0206. The van der Waals surface area contributed by atoms with Crippen molar-refractivity contribution in [2.24, 2.45) is 0 Å². The first-order valence-electron chi connectivity index (χ1n) is 6.90. The number of anilines is 2. The van der Waals surface area contributed by atoms with Gasteiger partial charge in [0.2, 0.25) is 5.91 Å². The molecule has 0 spiro atoms. The van der Waals surface area contributed by atoms with Crippen LogP contribution in [0.1, 0.15) is 25.6 Å². The lowest BCUT2D eigenvalue weighted by atomic mass is 10.1. The molecule has 110 valence electrons. The average molecular weight is 279 g/mol. The fourth-order valence-corrected chi connectivity index (χ4v) is 2.05. The van der Waals surface area contributed by atoms with Crippen molar-refractivity contribution in [2.75, 3.05) is 30.8 Å². The van der Waals surface area contributed by atoms with Gasteiger partial charge in [-0.25, -0.2) is 9.97 Å². The van der Waals surface area contributed by atoms with E-state index in [1.807, 2.05) is 6.92 Å². The molecule has 1 aromatic heterocycles. The summed E-state index contributed by atoms with van der Waals surface area (Å²) in [5.41, 5.74) is 0. The van der Waals surface area contributed by atoms with E-state index < -0.39 is 0 Å². The van der Waals surface area contributed by atoms with Gasteiger partial charge in [-0.1, -0.05) is 0 Å². The minimum Gasteiger partial charge on any atom is -0.374 e. The van der Waals surface area contributed by atoms with E-state index in [0.29, 0.717) is 30.7 Å². The molecule has 0 aliphatic carbocycles. The standard InChI is InChI=1S/C13H21N5O2/c1-3-20-8-12-17-10(14-2)7-11(18-12)16-9-5-4-6-15-13(9)19/h7,9H,3-6,8H2,1-2H3,(H,15,19)(H2,14,16,17,18). The summed E-state index contributed by atoms with van der Waals surface area (Å²) in [4.78, 5) is 20.4. The van der Waals surface area contributed by atoms with Crippen molar-refractivity contribution < 1.29 is 9.53 Å². The second kappa shape index (κ2) is 7.04. The number of aromatic nitrogens is 2. The maximum absolute atomic E-state index is 11.8. The highest BCUT2D eigenvalue weighted by Gasteiger charge is 2.22. The zero-order valence-electron chi connectivity index (χ0n) is 11.9. The Hall–Kier alpha value is -1.89. The summed E-state index contributed by atoms with van der Waals surface area (Å²) in [7, 11) is 1.80. The number of nitrogens with one attached hydrogen (secondary N) is 3. The number of hydrogen-bond donors (Lipinski definition) is 3. The highest BCUT2D eigenvalue weighted by atomic mass is 16.5. The van der Waals surface area contributed by atoms with Crippen LogP contribution >= 0.6 is 0 Å². The number of rotatable bonds is 6. The number of nitrogens with zero attached hydrogens (tertiary/aromatic N) is 2.